The summed E-state index contributed by atoms with van der Waals surface area (Å²) < 4.78 is 4.32. The number of fused-ring (bicyclic) bond motifs is 6. The van der Waals surface area contributed by atoms with Crippen LogP contribution in [0.5, 0.6) is 0 Å². The van der Waals surface area contributed by atoms with Crippen LogP contribution in [-0.2, 0) is 0 Å². The van der Waals surface area contributed by atoms with Gasteiger partial charge in [-0.3, -0.25) is 9.13 Å². The number of rotatable bonds is 14. The van der Waals surface area contributed by atoms with E-state index in [9.17, 15) is 0 Å². The quantitative estimate of drug-likeness (QED) is 0.103. The van der Waals surface area contributed by atoms with Crippen molar-refractivity contribution in [2.24, 2.45) is 0 Å². The van der Waals surface area contributed by atoms with E-state index in [-0.39, 0.29) is 0 Å². The largest absolute Gasteiger partial charge is 0.278 e. The standard InChI is InChI=1S/2C49H32N6/c1-4-15-34(16-5-1)42-32-43(51-49(50-42)55-44-25-12-10-23-40(44)41-24-11-13-26-45(41)55)35-29-27-33(28-30-35)38-21-14-22-39(31-38)48-53-46(36-17-6-2-7-18-36)52-47(54-48)37-19-8-3-9-20-37;1-4-15-34(16-5-1)42-32-43(51-46(50-42)36-17-6-2-7-18-36)35-29-27-33(28-30-35)38-21-14-22-39(31-38)48-52-47(37-19-8-3-9-20-37)53-49(54-48)55-44-25-12-10-23-40(44)41-24-11-13-26-45(41)55/h2*1-32H. The second-order valence-corrected chi connectivity index (χ2v) is 26.7. The second-order valence-electron chi connectivity index (χ2n) is 26.7. The lowest BCUT2D eigenvalue weighted by Gasteiger charge is -2.12. The van der Waals surface area contributed by atoms with Crippen LogP contribution >= 0.6 is 0 Å². The first-order valence-corrected chi connectivity index (χ1v) is 36.5. The number of hydrogen-bond donors (Lipinski definition) is 0. The molecule has 110 heavy (non-hydrogen) atoms. The summed E-state index contributed by atoms with van der Waals surface area (Å²) in [6.45, 7) is 0. The van der Waals surface area contributed by atoms with Gasteiger partial charge >= 0.3 is 0 Å². The second kappa shape index (κ2) is 29.1. The lowest BCUT2D eigenvalue weighted by Crippen LogP contribution is -2.06. The van der Waals surface area contributed by atoms with Crippen molar-refractivity contribution < 1.29 is 0 Å². The molecular weight excluding hydrogens is 1350 g/mol. The van der Waals surface area contributed by atoms with Crippen molar-refractivity contribution in [2.75, 3.05) is 0 Å². The molecule has 20 rings (SSSR count). The van der Waals surface area contributed by atoms with Crippen LogP contribution in [0.1, 0.15) is 0 Å². The van der Waals surface area contributed by atoms with Crippen molar-refractivity contribution in [3.63, 3.8) is 0 Å². The van der Waals surface area contributed by atoms with Gasteiger partial charge in [-0.15, -0.1) is 0 Å². The van der Waals surface area contributed by atoms with Crippen LogP contribution in [0.15, 0.2) is 388 Å². The Morgan fingerprint density at radius 3 is 0.691 bits per heavy atom. The Bertz CT molecular complexity index is 6510. The third kappa shape index (κ3) is 13.1. The van der Waals surface area contributed by atoms with E-state index < -0.39 is 0 Å². The van der Waals surface area contributed by atoms with E-state index in [1.54, 1.807) is 0 Å². The van der Waals surface area contributed by atoms with Gasteiger partial charge < -0.3 is 0 Å². The first-order valence-electron chi connectivity index (χ1n) is 36.5. The molecule has 12 nitrogen and oxygen atoms in total. The van der Waals surface area contributed by atoms with E-state index in [1.807, 2.05) is 158 Å². The molecule has 0 fully saturated rings. The Kier molecular flexibility index (Phi) is 17.3. The number of hydrogen-bond acceptors (Lipinski definition) is 10. The highest BCUT2D eigenvalue weighted by Crippen LogP contribution is 2.38. The topological polar surface area (TPSA) is 139 Å². The fraction of sp³-hybridized carbons (Fsp3) is 0. The highest BCUT2D eigenvalue weighted by Gasteiger charge is 2.22. The molecule has 0 aliphatic rings. The monoisotopic (exact) mass is 1410 g/mol. The Hall–Kier alpha value is -15.1. The maximum Gasteiger partial charge on any atom is 0.238 e. The Labute approximate surface area is 634 Å². The average molecular weight is 1410 g/mol. The van der Waals surface area contributed by atoms with Crippen LogP contribution < -0.4 is 0 Å². The molecule has 0 bridgehead atoms. The molecule has 12 heteroatoms. The minimum atomic E-state index is 0.575. The van der Waals surface area contributed by atoms with Crippen molar-refractivity contribution in [3.05, 3.63) is 388 Å². The van der Waals surface area contributed by atoms with E-state index in [0.29, 0.717) is 46.8 Å². The minimum absolute atomic E-state index is 0.575. The molecule has 0 aliphatic heterocycles. The molecule has 0 aliphatic carbocycles. The fourth-order valence-electron chi connectivity index (χ4n) is 14.4. The van der Waals surface area contributed by atoms with Crippen LogP contribution in [0.3, 0.4) is 0 Å². The summed E-state index contributed by atoms with van der Waals surface area (Å²) in [5, 5.41) is 4.65. The van der Waals surface area contributed by atoms with Gasteiger partial charge in [-0.05, 0) is 70.8 Å². The molecule has 0 unspecified atom stereocenters. The van der Waals surface area contributed by atoms with Crippen LogP contribution in [0.2, 0.25) is 0 Å². The van der Waals surface area contributed by atoms with Gasteiger partial charge in [0.25, 0.3) is 0 Å². The first kappa shape index (κ1) is 65.6. The zero-order chi connectivity index (χ0) is 73.1. The molecular formula is C98H64N12. The molecule has 6 aromatic heterocycles. The smallest absolute Gasteiger partial charge is 0.238 e. The predicted octanol–water partition coefficient (Wildman–Crippen LogP) is 23.5. The maximum atomic E-state index is 5.22. The summed E-state index contributed by atoms with van der Waals surface area (Å²) in [5.74, 6) is 5.02. The zero-order valence-corrected chi connectivity index (χ0v) is 59.3. The third-order valence-electron chi connectivity index (χ3n) is 19.8. The van der Waals surface area contributed by atoms with Crippen molar-refractivity contribution in [3.8, 4) is 148 Å². The predicted molar refractivity (Wildman–Crippen MR) is 445 cm³/mol. The molecule has 0 saturated heterocycles. The van der Waals surface area contributed by atoms with Gasteiger partial charge in [-0.2, -0.15) is 9.97 Å². The first-order chi connectivity index (χ1) is 54.5. The van der Waals surface area contributed by atoms with Gasteiger partial charge in [0.15, 0.2) is 34.9 Å². The van der Waals surface area contributed by atoms with E-state index in [1.165, 1.54) is 10.8 Å². The van der Waals surface area contributed by atoms with Gasteiger partial charge in [0.05, 0.1) is 44.8 Å². The van der Waals surface area contributed by atoms with E-state index in [0.717, 1.165) is 134 Å². The Morgan fingerprint density at radius 2 is 0.355 bits per heavy atom. The molecule has 0 radical (unpaired) electrons. The molecule has 0 atom stereocenters. The van der Waals surface area contributed by atoms with Crippen LogP contribution in [-0.4, -0.2) is 59.0 Å². The van der Waals surface area contributed by atoms with Crippen molar-refractivity contribution >= 4 is 43.6 Å². The zero-order valence-electron chi connectivity index (χ0n) is 59.3. The Balaban J connectivity index is 0.000000149. The van der Waals surface area contributed by atoms with Crippen LogP contribution in [0.25, 0.3) is 191 Å². The Morgan fingerprint density at radius 1 is 0.136 bits per heavy atom. The van der Waals surface area contributed by atoms with Crippen LogP contribution in [0.4, 0.5) is 0 Å². The average Bonchev–Trinajstić information content (AvgIpc) is 1.59. The fourth-order valence-corrected chi connectivity index (χ4v) is 14.4. The van der Waals surface area contributed by atoms with Crippen LogP contribution in [0, 0.1) is 0 Å². The van der Waals surface area contributed by atoms with Gasteiger partial charge in [-0.25, -0.2) is 39.9 Å². The normalized spacial score (nSPS) is 11.3. The van der Waals surface area contributed by atoms with Gasteiger partial charge in [0.2, 0.25) is 11.9 Å². The minimum Gasteiger partial charge on any atom is -0.278 e. The summed E-state index contributed by atoms with van der Waals surface area (Å²) in [6, 6.07) is 133. The lowest BCUT2D eigenvalue weighted by atomic mass is 10.00. The van der Waals surface area contributed by atoms with Crippen molar-refractivity contribution in [1.82, 2.24) is 59.0 Å². The van der Waals surface area contributed by atoms with Crippen molar-refractivity contribution in [1.29, 1.82) is 0 Å². The highest BCUT2D eigenvalue weighted by atomic mass is 15.2. The summed E-state index contributed by atoms with van der Waals surface area (Å²) in [6.07, 6.45) is 0. The third-order valence-corrected chi connectivity index (χ3v) is 19.8. The molecule has 0 N–H and O–H groups in total. The lowest BCUT2D eigenvalue weighted by molar-refractivity contribution is 0.953. The summed E-state index contributed by atoms with van der Waals surface area (Å²) in [7, 11) is 0. The van der Waals surface area contributed by atoms with E-state index in [4.69, 9.17) is 49.8 Å². The van der Waals surface area contributed by atoms with E-state index >= 15 is 0 Å². The molecule has 14 aromatic carbocycles. The molecule has 6 heterocycles. The summed E-state index contributed by atoms with van der Waals surface area (Å²) in [5.41, 5.74) is 21.6. The molecule has 20 aromatic rings. The van der Waals surface area contributed by atoms with Gasteiger partial charge in [-0.1, -0.05) is 340 Å². The van der Waals surface area contributed by atoms with E-state index in [2.05, 4.69) is 240 Å². The molecule has 0 spiro atoms. The summed E-state index contributed by atoms with van der Waals surface area (Å²) >= 11 is 0. The number of aromatic nitrogens is 12. The van der Waals surface area contributed by atoms with Gasteiger partial charge in [0, 0.05) is 77.2 Å². The molecule has 516 valence electrons. The maximum absolute atomic E-state index is 5.22. The molecule has 0 amide bonds. The van der Waals surface area contributed by atoms with Crippen molar-refractivity contribution in [2.45, 2.75) is 0 Å². The SMILES string of the molecule is c1ccc(-c2cc(-c3ccc(-c4cccc(-c5nc(-c6ccccc6)nc(-c6ccccc6)n5)c4)cc3)nc(-n3c4ccccc4c4ccccc43)n2)cc1.c1ccc(-c2cc(-c3ccc(-c4cccc(-c5nc(-c6ccccc6)nc(-n6c7ccccc7c7ccccc76)n5)c4)cc3)nc(-c3ccccc3)n2)cc1. The molecule has 0 saturated carbocycles. The number of benzene rings is 14. The highest BCUT2D eigenvalue weighted by molar-refractivity contribution is 6.10. The summed E-state index contributed by atoms with van der Waals surface area (Å²) in [4.78, 5) is 50.4. The van der Waals surface area contributed by atoms with Gasteiger partial charge in [0.1, 0.15) is 0 Å². The number of para-hydroxylation sites is 4. The number of nitrogens with zero attached hydrogens (tertiary/aromatic N) is 12.